The van der Waals surface area contributed by atoms with Crippen molar-refractivity contribution < 1.29 is 9.32 Å². The molecule has 1 N–H and O–H groups in total. The summed E-state index contributed by atoms with van der Waals surface area (Å²) < 4.78 is 5.35. The molecule has 5 nitrogen and oxygen atoms in total. The minimum Gasteiger partial charge on any atom is -0.339 e. The molecule has 3 aromatic rings. The van der Waals surface area contributed by atoms with Gasteiger partial charge in [-0.2, -0.15) is 4.98 Å². The average molecular weight is 392 g/mol. The monoisotopic (exact) mass is 391 g/mol. The molecule has 0 spiro atoms. The third kappa shape index (κ3) is 5.11. The first-order valence-corrected chi connectivity index (χ1v) is 10.3. The summed E-state index contributed by atoms with van der Waals surface area (Å²) in [5.74, 6) is 1.47. The van der Waals surface area contributed by atoms with E-state index in [-0.39, 0.29) is 5.91 Å². The topological polar surface area (TPSA) is 68.0 Å². The molecule has 0 aliphatic heterocycles. The lowest BCUT2D eigenvalue weighted by atomic mass is 10.0. The van der Waals surface area contributed by atoms with Crippen LogP contribution in [0.1, 0.15) is 62.6 Å². The number of hydrogen-bond acceptors (Lipinski definition) is 4. The van der Waals surface area contributed by atoms with E-state index in [1.54, 1.807) is 0 Å². The van der Waals surface area contributed by atoms with Gasteiger partial charge in [0.05, 0.1) is 0 Å². The Morgan fingerprint density at radius 2 is 1.69 bits per heavy atom. The quantitative estimate of drug-likeness (QED) is 0.546. The molecule has 29 heavy (non-hydrogen) atoms. The van der Waals surface area contributed by atoms with Crippen LogP contribution < -0.4 is 5.32 Å². The van der Waals surface area contributed by atoms with Gasteiger partial charge in [-0.15, -0.1) is 0 Å². The predicted octanol–water partition coefficient (Wildman–Crippen LogP) is 5.56. The van der Waals surface area contributed by atoms with Crippen molar-refractivity contribution in [2.45, 2.75) is 59.3 Å². The van der Waals surface area contributed by atoms with E-state index in [2.05, 4.69) is 67.4 Å². The molecule has 0 atom stereocenters. The van der Waals surface area contributed by atoms with Gasteiger partial charge in [-0.05, 0) is 35.4 Å². The van der Waals surface area contributed by atoms with Crippen LogP contribution in [0.2, 0.25) is 0 Å². The summed E-state index contributed by atoms with van der Waals surface area (Å²) in [5.41, 5.74) is 5.44. The highest BCUT2D eigenvalue weighted by molar-refractivity contribution is 5.92. The van der Waals surface area contributed by atoms with Gasteiger partial charge < -0.3 is 9.84 Å². The van der Waals surface area contributed by atoms with E-state index in [1.807, 2.05) is 18.2 Å². The van der Waals surface area contributed by atoms with Crippen LogP contribution in [0.3, 0.4) is 0 Å². The molecular weight excluding hydrogens is 362 g/mol. The number of rotatable bonds is 8. The summed E-state index contributed by atoms with van der Waals surface area (Å²) >= 11 is 0. The van der Waals surface area contributed by atoms with Crippen molar-refractivity contribution in [3.63, 3.8) is 0 Å². The minimum absolute atomic E-state index is 0.0402. The second-order valence-electron chi connectivity index (χ2n) is 7.49. The van der Waals surface area contributed by atoms with Crippen molar-refractivity contribution in [3.05, 3.63) is 65.0 Å². The first-order valence-electron chi connectivity index (χ1n) is 10.3. The van der Waals surface area contributed by atoms with Gasteiger partial charge in [-0.1, -0.05) is 75.3 Å². The van der Waals surface area contributed by atoms with Crippen LogP contribution >= 0.6 is 0 Å². The van der Waals surface area contributed by atoms with E-state index in [9.17, 15) is 4.79 Å². The minimum atomic E-state index is -0.0402. The molecule has 2 aromatic carbocycles. The molecular formula is C24H29N3O2. The van der Waals surface area contributed by atoms with Crippen LogP contribution in [0.15, 0.2) is 47.0 Å². The standard InChI is InChI=1S/C24H29N3O2/c1-5-17-8-7-9-18(6-2)23(17)25-21(28)14-15-22-26-24(27-29-22)20-12-10-19(11-13-20)16(3)4/h7-13,16H,5-6,14-15H2,1-4H3,(H,25,28). The maximum absolute atomic E-state index is 12.5. The van der Waals surface area contributed by atoms with E-state index in [0.717, 1.165) is 35.2 Å². The fourth-order valence-corrected chi connectivity index (χ4v) is 3.32. The SMILES string of the molecule is CCc1cccc(CC)c1NC(=O)CCc1nc(-c2ccc(C(C)C)cc2)no1. The summed E-state index contributed by atoms with van der Waals surface area (Å²) in [4.78, 5) is 16.9. The molecule has 0 radical (unpaired) electrons. The highest BCUT2D eigenvalue weighted by atomic mass is 16.5. The lowest BCUT2D eigenvalue weighted by molar-refractivity contribution is -0.116. The molecule has 0 fully saturated rings. The molecule has 0 aliphatic carbocycles. The van der Waals surface area contributed by atoms with E-state index in [0.29, 0.717) is 30.5 Å². The molecule has 1 amide bonds. The lowest BCUT2D eigenvalue weighted by Gasteiger charge is -2.14. The number of amides is 1. The number of anilines is 1. The van der Waals surface area contributed by atoms with E-state index in [1.165, 1.54) is 5.56 Å². The van der Waals surface area contributed by atoms with Crippen molar-refractivity contribution >= 4 is 11.6 Å². The Kier molecular flexibility index (Phi) is 6.81. The number of aryl methyl sites for hydroxylation is 3. The smallest absolute Gasteiger partial charge is 0.227 e. The molecule has 0 aliphatic rings. The third-order valence-electron chi connectivity index (χ3n) is 5.13. The normalized spacial score (nSPS) is 11.1. The van der Waals surface area contributed by atoms with Crippen LogP contribution in [0.5, 0.6) is 0 Å². The van der Waals surface area contributed by atoms with Gasteiger partial charge >= 0.3 is 0 Å². The van der Waals surface area contributed by atoms with Gasteiger partial charge in [0.25, 0.3) is 0 Å². The maximum atomic E-state index is 12.5. The molecule has 0 saturated carbocycles. The number of nitrogens with one attached hydrogen (secondary N) is 1. The summed E-state index contributed by atoms with van der Waals surface area (Å²) in [5, 5.41) is 7.14. The zero-order valence-electron chi connectivity index (χ0n) is 17.7. The number of nitrogens with zero attached hydrogens (tertiary/aromatic N) is 2. The van der Waals surface area contributed by atoms with Crippen molar-refractivity contribution in [1.29, 1.82) is 0 Å². The number of carbonyl (C=O) groups excluding carboxylic acids is 1. The Balaban J connectivity index is 1.62. The molecule has 1 heterocycles. The van der Waals surface area contributed by atoms with Crippen molar-refractivity contribution in [2.75, 3.05) is 5.32 Å². The fraction of sp³-hybridized carbons (Fsp3) is 0.375. The Bertz CT molecular complexity index is 936. The van der Waals surface area contributed by atoms with Gasteiger partial charge in [0.15, 0.2) is 0 Å². The molecule has 0 saturated heterocycles. The second kappa shape index (κ2) is 9.50. The molecule has 152 valence electrons. The highest BCUT2D eigenvalue weighted by Crippen LogP contribution is 2.23. The van der Waals surface area contributed by atoms with Crippen molar-refractivity contribution in [3.8, 4) is 11.4 Å². The van der Waals surface area contributed by atoms with Crippen molar-refractivity contribution in [1.82, 2.24) is 10.1 Å². The Morgan fingerprint density at radius 3 is 2.28 bits per heavy atom. The molecule has 0 bridgehead atoms. The van der Waals surface area contributed by atoms with Crippen LogP contribution in [0, 0.1) is 0 Å². The second-order valence-corrected chi connectivity index (χ2v) is 7.49. The number of para-hydroxylation sites is 1. The number of benzene rings is 2. The molecule has 5 heteroatoms. The van der Waals surface area contributed by atoms with Crippen LogP contribution in [0.25, 0.3) is 11.4 Å². The van der Waals surface area contributed by atoms with Gasteiger partial charge in [0.2, 0.25) is 17.6 Å². The van der Waals surface area contributed by atoms with E-state index >= 15 is 0 Å². The summed E-state index contributed by atoms with van der Waals surface area (Å²) in [6, 6.07) is 14.3. The van der Waals surface area contributed by atoms with Gasteiger partial charge in [0, 0.05) is 24.1 Å². The van der Waals surface area contributed by atoms with E-state index < -0.39 is 0 Å². The van der Waals surface area contributed by atoms with Gasteiger partial charge in [-0.3, -0.25) is 4.79 Å². The fourth-order valence-electron chi connectivity index (χ4n) is 3.32. The Labute approximate surface area is 172 Å². The summed E-state index contributed by atoms with van der Waals surface area (Å²) in [6.45, 7) is 8.51. The summed E-state index contributed by atoms with van der Waals surface area (Å²) in [7, 11) is 0. The zero-order valence-corrected chi connectivity index (χ0v) is 17.7. The highest BCUT2D eigenvalue weighted by Gasteiger charge is 2.13. The molecule has 1 aromatic heterocycles. The van der Waals surface area contributed by atoms with Gasteiger partial charge in [0.1, 0.15) is 0 Å². The largest absolute Gasteiger partial charge is 0.339 e. The summed E-state index contributed by atoms with van der Waals surface area (Å²) in [6.07, 6.45) is 2.48. The van der Waals surface area contributed by atoms with Crippen molar-refractivity contribution in [2.24, 2.45) is 0 Å². The average Bonchev–Trinajstić information content (AvgIpc) is 3.21. The van der Waals surface area contributed by atoms with Gasteiger partial charge in [-0.25, -0.2) is 0 Å². The first-order chi connectivity index (χ1) is 14.0. The zero-order chi connectivity index (χ0) is 20.8. The Morgan fingerprint density at radius 1 is 1.03 bits per heavy atom. The third-order valence-corrected chi connectivity index (χ3v) is 5.13. The number of hydrogen-bond donors (Lipinski definition) is 1. The first kappa shape index (κ1) is 20.8. The number of aromatic nitrogens is 2. The van der Waals surface area contributed by atoms with Crippen LogP contribution in [-0.2, 0) is 24.1 Å². The molecule has 0 unspecified atom stereocenters. The lowest BCUT2D eigenvalue weighted by Crippen LogP contribution is -2.15. The predicted molar refractivity (Wildman–Crippen MR) is 116 cm³/mol. The molecule has 3 rings (SSSR count). The maximum Gasteiger partial charge on any atom is 0.227 e. The van der Waals surface area contributed by atoms with Crippen LogP contribution in [0.4, 0.5) is 5.69 Å². The Hall–Kier alpha value is -2.95. The van der Waals surface area contributed by atoms with E-state index in [4.69, 9.17) is 4.52 Å². The number of carbonyl (C=O) groups is 1. The van der Waals surface area contributed by atoms with Crippen LogP contribution in [-0.4, -0.2) is 16.0 Å².